The number of nitrogens with one attached hydrogen (secondary N) is 1. The minimum absolute atomic E-state index is 0.440. The first-order chi connectivity index (χ1) is 8.90. The zero-order valence-corrected chi connectivity index (χ0v) is 11.1. The third-order valence-electron chi connectivity index (χ3n) is 2.84. The van der Waals surface area contributed by atoms with Crippen molar-refractivity contribution in [3.8, 4) is 6.07 Å². The summed E-state index contributed by atoms with van der Waals surface area (Å²) in [6.07, 6.45) is 2.54. The second-order valence-corrected chi connectivity index (χ2v) is 4.73. The molecule has 0 aliphatic carbocycles. The molecule has 0 bridgehead atoms. The van der Waals surface area contributed by atoms with E-state index in [0.717, 1.165) is 5.56 Å². The van der Waals surface area contributed by atoms with Gasteiger partial charge in [-0.15, -0.1) is 6.58 Å². The Hall–Kier alpha value is -2.35. The van der Waals surface area contributed by atoms with E-state index in [9.17, 15) is 4.79 Å². The van der Waals surface area contributed by atoms with Crippen molar-refractivity contribution in [1.82, 2.24) is 10.3 Å². The van der Waals surface area contributed by atoms with E-state index >= 15 is 0 Å². The van der Waals surface area contributed by atoms with E-state index in [2.05, 4.69) is 22.9 Å². The lowest BCUT2D eigenvalue weighted by molar-refractivity contribution is 0.189. The summed E-state index contributed by atoms with van der Waals surface area (Å²) >= 11 is 0. The number of hydrogen-bond donors (Lipinski definition) is 2. The molecule has 0 aromatic carbocycles. The predicted octanol–water partition coefficient (Wildman–Crippen LogP) is 2.77. The SMILES string of the molecule is C=CC[C@H](NC(=O)O)c1cc(C(C)(C)C#N)ccn1. The zero-order chi connectivity index (χ0) is 14.5. The van der Waals surface area contributed by atoms with Crippen LogP contribution >= 0.6 is 0 Å². The molecule has 5 nitrogen and oxygen atoms in total. The van der Waals surface area contributed by atoms with Gasteiger partial charge in [-0.1, -0.05) is 6.08 Å². The third kappa shape index (κ3) is 3.81. The van der Waals surface area contributed by atoms with E-state index in [1.807, 2.05) is 0 Å². The number of carbonyl (C=O) groups is 1. The Labute approximate surface area is 112 Å². The minimum atomic E-state index is -1.11. The Morgan fingerprint density at radius 2 is 2.42 bits per heavy atom. The van der Waals surface area contributed by atoms with Crippen LogP contribution in [0.2, 0.25) is 0 Å². The van der Waals surface area contributed by atoms with E-state index in [0.29, 0.717) is 12.1 Å². The number of rotatable bonds is 5. The Morgan fingerprint density at radius 1 is 1.74 bits per heavy atom. The molecule has 2 N–H and O–H groups in total. The molecule has 19 heavy (non-hydrogen) atoms. The fraction of sp³-hybridized carbons (Fsp3) is 0.357. The topological polar surface area (TPSA) is 86.0 Å². The summed E-state index contributed by atoms with van der Waals surface area (Å²) in [5.74, 6) is 0. The molecule has 0 saturated heterocycles. The van der Waals surface area contributed by atoms with Gasteiger partial charge < -0.3 is 10.4 Å². The van der Waals surface area contributed by atoms with Crippen molar-refractivity contribution in [1.29, 1.82) is 5.26 Å². The number of hydrogen-bond acceptors (Lipinski definition) is 3. The van der Waals surface area contributed by atoms with Gasteiger partial charge in [0.25, 0.3) is 0 Å². The lowest BCUT2D eigenvalue weighted by Crippen LogP contribution is -2.27. The number of aromatic nitrogens is 1. The summed E-state index contributed by atoms with van der Waals surface area (Å²) < 4.78 is 0. The molecule has 0 radical (unpaired) electrons. The van der Waals surface area contributed by atoms with Crippen molar-refractivity contribution in [2.24, 2.45) is 0 Å². The maximum Gasteiger partial charge on any atom is 0.405 e. The molecule has 1 heterocycles. The first kappa shape index (κ1) is 14.7. The van der Waals surface area contributed by atoms with Crippen molar-refractivity contribution in [2.45, 2.75) is 31.7 Å². The van der Waals surface area contributed by atoms with Gasteiger partial charge in [0, 0.05) is 6.20 Å². The molecular formula is C14H17N3O2. The highest BCUT2D eigenvalue weighted by Crippen LogP contribution is 2.25. The Bertz CT molecular complexity index is 518. The molecule has 1 rings (SSSR count). The molecule has 100 valence electrons. The van der Waals surface area contributed by atoms with Gasteiger partial charge in [0.2, 0.25) is 0 Å². The fourth-order valence-corrected chi connectivity index (χ4v) is 1.66. The van der Waals surface area contributed by atoms with Gasteiger partial charge in [0.05, 0.1) is 23.2 Å². The van der Waals surface area contributed by atoms with Crippen LogP contribution in [0.15, 0.2) is 31.0 Å². The van der Waals surface area contributed by atoms with Gasteiger partial charge in [0.1, 0.15) is 0 Å². The number of amides is 1. The Balaban J connectivity index is 3.12. The largest absolute Gasteiger partial charge is 0.465 e. The number of pyridine rings is 1. The van der Waals surface area contributed by atoms with E-state index in [1.165, 1.54) is 0 Å². The van der Waals surface area contributed by atoms with Crippen LogP contribution in [0.4, 0.5) is 4.79 Å². The van der Waals surface area contributed by atoms with Gasteiger partial charge >= 0.3 is 6.09 Å². The molecule has 0 fully saturated rings. The molecule has 0 aliphatic heterocycles. The van der Waals surface area contributed by atoms with E-state index in [-0.39, 0.29) is 0 Å². The van der Waals surface area contributed by atoms with Crippen LogP contribution in [-0.2, 0) is 5.41 Å². The quantitative estimate of drug-likeness (QED) is 0.796. The Kier molecular flexibility index (Phi) is 4.65. The normalized spacial score (nSPS) is 12.3. The highest BCUT2D eigenvalue weighted by atomic mass is 16.4. The summed E-state index contributed by atoms with van der Waals surface area (Å²) in [7, 11) is 0. The van der Waals surface area contributed by atoms with Crippen molar-refractivity contribution >= 4 is 6.09 Å². The minimum Gasteiger partial charge on any atom is -0.465 e. The molecule has 0 aliphatic rings. The van der Waals surface area contributed by atoms with E-state index in [4.69, 9.17) is 10.4 Å². The van der Waals surface area contributed by atoms with Crippen molar-refractivity contribution < 1.29 is 9.90 Å². The van der Waals surface area contributed by atoms with Crippen LogP contribution in [-0.4, -0.2) is 16.2 Å². The molecule has 5 heteroatoms. The van der Waals surface area contributed by atoms with Gasteiger partial charge in [-0.05, 0) is 38.0 Å². The van der Waals surface area contributed by atoms with Gasteiger partial charge in [-0.25, -0.2) is 4.79 Å². The highest BCUT2D eigenvalue weighted by Gasteiger charge is 2.22. The summed E-state index contributed by atoms with van der Waals surface area (Å²) in [5.41, 5.74) is 0.754. The number of nitriles is 1. The van der Waals surface area contributed by atoms with Crippen LogP contribution < -0.4 is 5.32 Å². The van der Waals surface area contributed by atoms with Crippen LogP contribution in [0.3, 0.4) is 0 Å². The van der Waals surface area contributed by atoms with Crippen LogP contribution in [0.25, 0.3) is 0 Å². The average molecular weight is 259 g/mol. The lowest BCUT2D eigenvalue weighted by atomic mass is 9.86. The highest BCUT2D eigenvalue weighted by molar-refractivity contribution is 5.65. The van der Waals surface area contributed by atoms with Gasteiger partial charge in [-0.3, -0.25) is 4.98 Å². The van der Waals surface area contributed by atoms with Gasteiger partial charge in [-0.2, -0.15) is 5.26 Å². The maximum atomic E-state index is 10.8. The molecule has 1 amide bonds. The van der Waals surface area contributed by atoms with Crippen LogP contribution in [0.5, 0.6) is 0 Å². The molecule has 0 unspecified atom stereocenters. The van der Waals surface area contributed by atoms with Crippen LogP contribution in [0.1, 0.15) is 37.6 Å². The summed E-state index contributed by atoms with van der Waals surface area (Å²) in [4.78, 5) is 14.9. The smallest absolute Gasteiger partial charge is 0.405 e. The lowest BCUT2D eigenvalue weighted by Gasteiger charge is -2.19. The number of nitrogens with zero attached hydrogens (tertiary/aromatic N) is 2. The van der Waals surface area contributed by atoms with Crippen molar-refractivity contribution in [2.75, 3.05) is 0 Å². The average Bonchev–Trinajstić information content (AvgIpc) is 2.38. The molecular weight excluding hydrogens is 242 g/mol. The van der Waals surface area contributed by atoms with Crippen molar-refractivity contribution in [3.05, 3.63) is 42.2 Å². The standard InChI is InChI=1S/C14H17N3O2/c1-4-5-11(17-13(18)19)12-8-10(6-7-16-12)14(2,3)9-15/h4,6-8,11,17H,1,5H2,2-3H3,(H,18,19)/t11-/m0/s1. The molecule has 0 spiro atoms. The Morgan fingerprint density at radius 3 is 2.95 bits per heavy atom. The molecule has 1 atom stereocenters. The third-order valence-corrected chi connectivity index (χ3v) is 2.84. The zero-order valence-electron chi connectivity index (χ0n) is 11.1. The predicted molar refractivity (Wildman–Crippen MR) is 71.6 cm³/mol. The van der Waals surface area contributed by atoms with Crippen molar-refractivity contribution in [3.63, 3.8) is 0 Å². The fourth-order valence-electron chi connectivity index (χ4n) is 1.66. The summed E-state index contributed by atoms with van der Waals surface area (Å²) in [6.45, 7) is 7.22. The molecule has 0 saturated carbocycles. The molecule has 1 aromatic heterocycles. The van der Waals surface area contributed by atoms with Gasteiger partial charge in [0.15, 0.2) is 0 Å². The van der Waals surface area contributed by atoms with Crippen LogP contribution in [0, 0.1) is 11.3 Å². The first-order valence-electron chi connectivity index (χ1n) is 5.88. The summed E-state index contributed by atoms with van der Waals surface area (Å²) in [5, 5.41) is 20.3. The summed E-state index contributed by atoms with van der Waals surface area (Å²) in [6, 6.07) is 5.28. The number of carboxylic acid groups (broad SMARTS) is 1. The second kappa shape index (κ2) is 6.01. The second-order valence-electron chi connectivity index (χ2n) is 4.73. The van der Waals surface area contributed by atoms with E-state index in [1.54, 1.807) is 38.3 Å². The molecule has 1 aromatic rings. The monoisotopic (exact) mass is 259 g/mol. The first-order valence-corrected chi connectivity index (χ1v) is 5.88. The van der Waals surface area contributed by atoms with E-state index < -0.39 is 17.6 Å². The maximum absolute atomic E-state index is 10.8.